The number of carbonyl (C=O) groups is 1. The third kappa shape index (κ3) is 3.49. The van der Waals surface area contributed by atoms with Gasteiger partial charge in [0.15, 0.2) is 0 Å². The lowest BCUT2D eigenvalue weighted by molar-refractivity contribution is 0.0764. The van der Waals surface area contributed by atoms with Gasteiger partial charge in [-0.3, -0.25) is 9.69 Å². The number of aliphatic hydroxyl groups is 1. The first-order valence-electron chi connectivity index (χ1n) is 6.70. The van der Waals surface area contributed by atoms with Crippen LogP contribution in [0, 0.1) is 0 Å². The van der Waals surface area contributed by atoms with Crippen molar-refractivity contribution in [2.45, 2.75) is 19.8 Å². The molecule has 1 fully saturated rings. The van der Waals surface area contributed by atoms with E-state index in [0.29, 0.717) is 18.0 Å². The number of aromatic nitrogens is 2. The van der Waals surface area contributed by atoms with Crippen molar-refractivity contribution in [3.63, 3.8) is 0 Å². The molecule has 1 aliphatic heterocycles. The molecule has 19 heavy (non-hydrogen) atoms. The minimum Gasteiger partial charge on any atom is -0.395 e. The average Bonchev–Trinajstić information content (AvgIpc) is 2.78. The van der Waals surface area contributed by atoms with Gasteiger partial charge in [-0.05, 0) is 30.9 Å². The summed E-state index contributed by atoms with van der Waals surface area (Å²) in [5.41, 5.74) is 0.798. The minimum absolute atomic E-state index is 0.0534. The first-order valence-corrected chi connectivity index (χ1v) is 7.47. The van der Waals surface area contributed by atoms with Gasteiger partial charge in [0.25, 0.3) is 5.91 Å². The van der Waals surface area contributed by atoms with Gasteiger partial charge in [0, 0.05) is 26.2 Å². The summed E-state index contributed by atoms with van der Waals surface area (Å²) in [6.07, 6.45) is 1.68. The topological polar surface area (TPSA) is 69.6 Å². The van der Waals surface area contributed by atoms with E-state index in [4.69, 9.17) is 5.11 Å². The van der Waals surface area contributed by atoms with Crippen LogP contribution in [0.2, 0.25) is 0 Å². The van der Waals surface area contributed by atoms with Gasteiger partial charge in [0.05, 0.1) is 12.3 Å². The summed E-state index contributed by atoms with van der Waals surface area (Å²) in [5.74, 6) is 0.0534. The molecule has 1 aromatic rings. The van der Waals surface area contributed by atoms with E-state index in [1.54, 1.807) is 0 Å². The highest BCUT2D eigenvalue weighted by atomic mass is 32.1. The summed E-state index contributed by atoms with van der Waals surface area (Å²) >= 11 is 1.19. The number of hydrogen-bond acceptors (Lipinski definition) is 6. The second kappa shape index (κ2) is 6.93. The molecule has 0 unspecified atom stereocenters. The smallest absolute Gasteiger partial charge is 0.267 e. The van der Waals surface area contributed by atoms with E-state index in [1.165, 1.54) is 11.5 Å². The van der Waals surface area contributed by atoms with Gasteiger partial charge in [0.1, 0.15) is 4.88 Å². The lowest BCUT2D eigenvalue weighted by Gasteiger charge is -2.21. The first-order chi connectivity index (χ1) is 9.26. The molecule has 106 valence electrons. The summed E-state index contributed by atoms with van der Waals surface area (Å²) < 4.78 is 3.88. The molecule has 2 heterocycles. The van der Waals surface area contributed by atoms with Crippen molar-refractivity contribution in [2.75, 3.05) is 39.3 Å². The predicted octanol–water partition coefficient (Wildman–Crippen LogP) is 0.241. The molecule has 7 heteroatoms. The van der Waals surface area contributed by atoms with Crippen LogP contribution in [-0.2, 0) is 6.42 Å². The number of β-amino-alcohol motifs (C(OH)–C–C–N with tert-alkyl or cyclic N) is 1. The lowest BCUT2D eigenvalue weighted by Crippen LogP contribution is -2.35. The zero-order chi connectivity index (χ0) is 13.7. The van der Waals surface area contributed by atoms with E-state index in [1.807, 2.05) is 11.8 Å². The Bertz CT molecular complexity index is 424. The van der Waals surface area contributed by atoms with Gasteiger partial charge in [-0.2, -0.15) is 0 Å². The second-order valence-corrected chi connectivity index (χ2v) is 5.37. The Kier molecular flexibility index (Phi) is 5.24. The predicted molar refractivity (Wildman–Crippen MR) is 73.3 cm³/mol. The van der Waals surface area contributed by atoms with Crippen molar-refractivity contribution < 1.29 is 9.90 Å². The molecule has 1 N–H and O–H groups in total. The van der Waals surface area contributed by atoms with Crippen LogP contribution in [0.1, 0.15) is 28.7 Å². The SMILES string of the molecule is CCc1nnsc1C(=O)N1CCCN(CCO)CC1. The fourth-order valence-electron chi connectivity index (χ4n) is 2.29. The van der Waals surface area contributed by atoms with E-state index in [9.17, 15) is 4.79 Å². The summed E-state index contributed by atoms with van der Waals surface area (Å²) in [4.78, 5) is 17.2. The van der Waals surface area contributed by atoms with Crippen LogP contribution in [0.15, 0.2) is 0 Å². The van der Waals surface area contributed by atoms with E-state index in [2.05, 4.69) is 14.5 Å². The molecule has 0 saturated carbocycles. The van der Waals surface area contributed by atoms with Crippen LogP contribution in [-0.4, -0.2) is 69.7 Å². The van der Waals surface area contributed by atoms with Crippen LogP contribution >= 0.6 is 11.5 Å². The lowest BCUT2D eigenvalue weighted by atomic mass is 10.2. The molecule has 0 aliphatic carbocycles. The number of hydrogen-bond donors (Lipinski definition) is 1. The standard InChI is InChI=1S/C12H20N4O2S/c1-2-10-11(19-14-13-10)12(18)16-5-3-4-15(6-7-16)8-9-17/h17H,2-9H2,1H3. The van der Waals surface area contributed by atoms with Crippen LogP contribution in [0.5, 0.6) is 0 Å². The quantitative estimate of drug-likeness (QED) is 0.858. The Hall–Kier alpha value is -1.05. The van der Waals surface area contributed by atoms with Gasteiger partial charge in [-0.1, -0.05) is 11.4 Å². The molecular formula is C12H20N4O2S. The Balaban J connectivity index is 2.00. The van der Waals surface area contributed by atoms with Crippen LogP contribution in [0.25, 0.3) is 0 Å². The highest BCUT2D eigenvalue weighted by Crippen LogP contribution is 2.15. The highest BCUT2D eigenvalue weighted by molar-refractivity contribution is 7.08. The fourth-order valence-corrected chi connectivity index (χ4v) is 3.00. The van der Waals surface area contributed by atoms with Gasteiger partial charge < -0.3 is 10.0 Å². The maximum Gasteiger partial charge on any atom is 0.267 e. The maximum atomic E-state index is 12.4. The van der Waals surface area contributed by atoms with Crippen LogP contribution in [0.4, 0.5) is 0 Å². The molecule has 2 rings (SSSR count). The molecule has 1 aliphatic rings. The molecule has 6 nitrogen and oxygen atoms in total. The largest absolute Gasteiger partial charge is 0.395 e. The van der Waals surface area contributed by atoms with Gasteiger partial charge in [-0.25, -0.2) is 0 Å². The van der Waals surface area contributed by atoms with Crippen molar-refractivity contribution in [1.29, 1.82) is 0 Å². The minimum atomic E-state index is 0.0534. The molecule has 0 bridgehead atoms. The number of aryl methyl sites for hydroxylation is 1. The Morgan fingerprint density at radius 2 is 2.21 bits per heavy atom. The Morgan fingerprint density at radius 1 is 1.37 bits per heavy atom. The molecule has 1 saturated heterocycles. The van der Waals surface area contributed by atoms with E-state index in [-0.39, 0.29) is 12.5 Å². The molecule has 0 atom stereocenters. The summed E-state index contributed by atoms with van der Waals surface area (Å²) in [6.45, 7) is 6.07. The van der Waals surface area contributed by atoms with Crippen molar-refractivity contribution in [2.24, 2.45) is 0 Å². The molecular weight excluding hydrogens is 264 g/mol. The van der Waals surface area contributed by atoms with Crippen LogP contribution < -0.4 is 0 Å². The number of rotatable bonds is 4. The number of amides is 1. The van der Waals surface area contributed by atoms with Crippen molar-refractivity contribution >= 4 is 17.4 Å². The van der Waals surface area contributed by atoms with Crippen LogP contribution in [0.3, 0.4) is 0 Å². The zero-order valence-corrected chi connectivity index (χ0v) is 12.0. The molecule has 0 aromatic carbocycles. The monoisotopic (exact) mass is 284 g/mol. The second-order valence-electron chi connectivity index (χ2n) is 4.61. The summed E-state index contributed by atoms with van der Waals surface area (Å²) in [7, 11) is 0. The third-order valence-corrected chi connectivity index (χ3v) is 4.13. The van der Waals surface area contributed by atoms with Crippen molar-refractivity contribution in [1.82, 2.24) is 19.4 Å². The normalized spacial score (nSPS) is 17.5. The van der Waals surface area contributed by atoms with E-state index in [0.717, 1.165) is 38.2 Å². The fraction of sp³-hybridized carbons (Fsp3) is 0.750. The van der Waals surface area contributed by atoms with Gasteiger partial charge >= 0.3 is 0 Å². The number of nitrogens with zero attached hydrogens (tertiary/aromatic N) is 4. The molecule has 1 aromatic heterocycles. The van der Waals surface area contributed by atoms with Crippen molar-refractivity contribution in [3.05, 3.63) is 10.6 Å². The van der Waals surface area contributed by atoms with Gasteiger partial charge in [-0.15, -0.1) is 5.10 Å². The van der Waals surface area contributed by atoms with Gasteiger partial charge in [0.2, 0.25) is 0 Å². The molecule has 0 radical (unpaired) electrons. The Labute approximate surface area is 117 Å². The van der Waals surface area contributed by atoms with E-state index >= 15 is 0 Å². The average molecular weight is 284 g/mol. The number of carbonyl (C=O) groups excluding carboxylic acids is 1. The molecule has 0 spiro atoms. The Morgan fingerprint density at radius 3 is 2.95 bits per heavy atom. The molecule has 1 amide bonds. The maximum absolute atomic E-state index is 12.4. The highest BCUT2D eigenvalue weighted by Gasteiger charge is 2.23. The third-order valence-electron chi connectivity index (χ3n) is 3.38. The summed E-state index contributed by atoms with van der Waals surface area (Å²) in [6, 6.07) is 0. The summed E-state index contributed by atoms with van der Waals surface area (Å²) in [5, 5.41) is 13.0. The number of aliphatic hydroxyl groups excluding tert-OH is 1. The zero-order valence-electron chi connectivity index (χ0n) is 11.2. The van der Waals surface area contributed by atoms with Crippen molar-refractivity contribution in [3.8, 4) is 0 Å². The van der Waals surface area contributed by atoms with E-state index < -0.39 is 0 Å². The first kappa shape index (κ1) is 14.4.